The average molecular weight is 241 g/mol. The highest BCUT2D eigenvalue weighted by molar-refractivity contribution is 5.98. The second-order valence-electron chi connectivity index (χ2n) is 6.11. The highest BCUT2D eigenvalue weighted by Gasteiger charge is 2.43. The number of carbonyl (C=O) groups is 2. The molecule has 1 saturated carbocycles. The van der Waals surface area contributed by atoms with Crippen LogP contribution in [0.5, 0.6) is 0 Å². The Morgan fingerprint density at radius 1 is 1.35 bits per heavy atom. The molecular weight excluding hydrogens is 218 g/mol. The summed E-state index contributed by atoms with van der Waals surface area (Å²) in [7, 11) is 0. The minimum absolute atomic E-state index is 0.143. The fraction of sp³-hybridized carbons (Fsp3) is 0.846. The predicted octanol–water partition coefficient (Wildman–Crippen LogP) is 2.18. The Morgan fingerprint density at radius 3 is 2.12 bits per heavy atom. The number of rotatable bonds is 4. The van der Waals surface area contributed by atoms with Gasteiger partial charge in [-0.25, -0.2) is 0 Å². The van der Waals surface area contributed by atoms with Gasteiger partial charge in [-0.1, -0.05) is 27.7 Å². The van der Waals surface area contributed by atoms with Gasteiger partial charge in [0.2, 0.25) is 5.91 Å². The quantitative estimate of drug-likeness (QED) is 0.741. The van der Waals surface area contributed by atoms with E-state index in [9.17, 15) is 14.7 Å². The number of hydrogen-bond acceptors (Lipinski definition) is 2. The first-order valence-corrected chi connectivity index (χ1v) is 6.27. The van der Waals surface area contributed by atoms with E-state index in [1.54, 1.807) is 20.8 Å². The van der Waals surface area contributed by atoms with E-state index in [-0.39, 0.29) is 11.4 Å². The summed E-state index contributed by atoms with van der Waals surface area (Å²) in [6.07, 6.45) is 3.91. The Hall–Kier alpha value is -1.06. The van der Waals surface area contributed by atoms with Crippen LogP contribution in [0.4, 0.5) is 0 Å². The molecule has 0 aromatic heterocycles. The third kappa shape index (κ3) is 2.99. The van der Waals surface area contributed by atoms with E-state index in [0.29, 0.717) is 0 Å². The molecule has 98 valence electrons. The van der Waals surface area contributed by atoms with Crippen LogP contribution in [0.15, 0.2) is 0 Å². The Bertz CT molecular complexity index is 308. The van der Waals surface area contributed by atoms with Crippen LogP contribution < -0.4 is 5.32 Å². The average Bonchev–Trinajstić information content (AvgIpc) is 2.08. The number of carboxylic acids is 1. The van der Waals surface area contributed by atoms with Crippen molar-refractivity contribution in [2.75, 3.05) is 0 Å². The summed E-state index contributed by atoms with van der Waals surface area (Å²) >= 11 is 0. The monoisotopic (exact) mass is 241 g/mol. The van der Waals surface area contributed by atoms with Gasteiger partial charge in [0.05, 0.1) is 0 Å². The van der Waals surface area contributed by atoms with Crippen LogP contribution in [-0.4, -0.2) is 22.5 Å². The van der Waals surface area contributed by atoms with Crippen LogP contribution in [0.25, 0.3) is 0 Å². The molecular formula is C13H23NO3. The van der Waals surface area contributed by atoms with Crippen LogP contribution in [0.1, 0.15) is 53.4 Å². The zero-order valence-corrected chi connectivity index (χ0v) is 11.2. The van der Waals surface area contributed by atoms with Crippen molar-refractivity contribution in [3.63, 3.8) is 0 Å². The van der Waals surface area contributed by atoms with Gasteiger partial charge in [-0.2, -0.15) is 0 Å². The van der Waals surface area contributed by atoms with Gasteiger partial charge in [-0.3, -0.25) is 9.59 Å². The fourth-order valence-corrected chi connectivity index (χ4v) is 2.38. The SMILES string of the molecule is CCC1(NC(=O)C(C(=O)O)C(C)(C)C)CCC1. The molecule has 0 radical (unpaired) electrons. The summed E-state index contributed by atoms with van der Waals surface area (Å²) < 4.78 is 0. The molecule has 0 spiro atoms. The van der Waals surface area contributed by atoms with Crippen molar-refractivity contribution in [3.8, 4) is 0 Å². The number of aliphatic carboxylic acids is 1. The summed E-state index contributed by atoms with van der Waals surface area (Å²) in [5.41, 5.74) is -0.704. The summed E-state index contributed by atoms with van der Waals surface area (Å²) in [4.78, 5) is 23.3. The topological polar surface area (TPSA) is 66.4 Å². The lowest BCUT2D eigenvalue weighted by Crippen LogP contribution is -2.57. The number of carbonyl (C=O) groups excluding carboxylic acids is 1. The molecule has 1 aliphatic carbocycles. The molecule has 1 unspecified atom stereocenters. The van der Waals surface area contributed by atoms with Crippen LogP contribution in [0.2, 0.25) is 0 Å². The number of hydrogen-bond donors (Lipinski definition) is 2. The molecule has 17 heavy (non-hydrogen) atoms. The zero-order valence-electron chi connectivity index (χ0n) is 11.2. The molecule has 1 amide bonds. The zero-order chi connectivity index (χ0) is 13.3. The Kier molecular flexibility index (Phi) is 3.84. The summed E-state index contributed by atoms with van der Waals surface area (Å²) in [5.74, 6) is -2.36. The van der Waals surface area contributed by atoms with Gasteiger partial charge in [-0.15, -0.1) is 0 Å². The van der Waals surface area contributed by atoms with E-state index in [1.807, 2.05) is 6.92 Å². The summed E-state index contributed by atoms with van der Waals surface area (Å²) in [6, 6.07) is 0. The molecule has 1 aliphatic rings. The first-order chi connectivity index (χ1) is 7.72. The van der Waals surface area contributed by atoms with Crippen LogP contribution in [0.3, 0.4) is 0 Å². The maximum Gasteiger partial charge on any atom is 0.316 e. The minimum atomic E-state index is -1.04. The van der Waals surface area contributed by atoms with Gasteiger partial charge in [0.15, 0.2) is 0 Å². The molecule has 0 saturated heterocycles. The van der Waals surface area contributed by atoms with Crippen molar-refractivity contribution in [2.45, 2.75) is 58.9 Å². The lowest BCUT2D eigenvalue weighted by Gasteiger charge is -2.43. The minimum Gasteiger partial charge on any atom is -0.481 e. The molecule has 0 bridgehead atoms. The highest BCUT2D eigenvalue weighted by atomic mass is 16.4. The molecule has 1 atom stereocenters. The van der Waals surface area contributed by atoms with E-state index >= 15 is 0 Å². The number of amides is 1. The van der Waals surface area contributed by atoms with Crippen molar-refractivity contribution in [1.29, 1.82) is 0 Å². The maximum atomic E-state index is 12.1. The molecule has 0 aliphatic heterocycles. The molecule has 0 heterocycles. The smallest absolute Gasteiger partial charge is 0.316 e. The van der Waals surface area contributed by atoms with Gasteiger partial charge in [0, 0.05) is 5.54 Å². The fourth-order valence-electron chi connectivity index (χ4n) is 2.38. The lowest BCUT2D eigenvalue weighted by atomic mass is 9.73. The van der Waals surface area contributed by atoms with Crippen molar-refractivity contribution in [1.82, 2.24) is 5.32 Å². The van der Waals surface area contributed by atoms with E-state index in [4.69, 9.17) is 0 Å². The third-order valence-electron chi connectivity index (χ3n) is 3.75. The molecule has 0 aromatic rings. The predicted molar refractivity (Wildman–Crippen MR) is 65.6 cm³/mol. The van der Waals surface area contributed by atoms with E-state index in [1.165, 1.54) is 0 Å². The molecule has 4 heteroatoms. The summed E-state index contributed by atoms with van der Waals surface area (Å²) in [6.45, 7) is 7.38. The van der Waals surface area contributed by atoms with Crippen LogP contribution in [-0.2, 0) is 9.59 Å². The normalized spacial score (nSPS) is 20.2. The van der Waals surface area contributed by atoms with Crippen molar-refractivity contribution in [2.24, 2.45) is 11.3 Å². The van der Waals surface area contributed by atoms with Crippen molar-refractivity contribution in [3.05, 3.63) is 0 Å². The molecule has 0 aromatic carbocycles. The van der Waals surface area contributed by atoms with Crippen LogP contribution >= 0.6 is 0 Å². The van der Waals surface area contributed by atoms with Gasteiger partial charge >= 0.3 is 5.97 Å². The van der Waals surface area contributed by atoms with E-state index in [0.717, 1.165) is 25.7 Å². The number of nitrogens with one attached hydrogen (secondary N) is 1. The van der Waals surface area contributed by atoms with Crippen LogP contribution in [0, 0.1) is 11.3 Å². The standard InChI is InChI=1S/C13H23NO3/c1-5-13(7-6-8-13)14-10(15)9(11(16)17)12(2,3)4/h9H,5-8H2,1-4H3,(H,14,15)(H,16,17). The van der Waals surface area contributed by atoms with Gasteiger partial charge in [0.25, 0.3) is 0 Å². The first-order valence-electron chi connectivity index (χ1n) is 6.27. The van der Waals surface area contributed by atoms with E-state index in [2.05, 4.69) is 5.32 Å². The Balaban J connectivity index is 2.76. The lowest BCUT2D eigenvalue weighted by molar-refractivity contribution is -0.152. The van der Waals surface area contributed by atoms with Crippen molar-refractivity contribution < 1.29 is 14.7 Å². The Morgan fingerprint density at radius 2 is 1.88 bits per heavy atom. The van der Waals surface area contributed by atoms with Gasteiger partial charge in [-0.05, 0) is 31.1 Å². The number of carboxylic acid groups (broad SMARTS) is 1. The summed E-state index contributed by atoms with van der Waals surface area (Å²) in [5, 5.41) is 12.1. The van der Waals surface area contributed by atoms with Gasteiger partial charge < -0.3 is 10.4 Å². The van der Waals surface area contributed by atoms with Crippen molar-refractivity contribution >= 4 is 11.9 Å². The van der Waals surface area contributed by atoms with Gasteiger partial charge in [0.1, 0.15) is 5.92 Å². The Labute approximate surface area is 103 Å². The van der Waals surface area contributed by atoms with E-state index < -0.39 is 17.3 Å². The second-order valence-corrected chi connectivity index (χ2v) is 6.11. The largest absolute Gasteiger partial charge is 0.481 e. The molecule has 2 N–H and O–H groups in total. The molecule has 4 nitrogen and oxygen atoms in total. The second kappa shape index (κ2) is 4.67. The maximum absolute atomic E-state index is 12.1. The highest BCUT2D eigenvalue weighted by Crippen LogP contribution is 2.36. The molecule has 1 rings (SSSR count). The molecule has 1 fully saturated rings. The third-order valence-corrected chi connectivity index (χ3v) is 3.75. The first kappa shape index (κ1) is 14.0.